The fourth-order valence-electron chi connectivity index (χ4n) is 1.78. The molecule has 100 valence electrons. The zero-order valence-electron chi connectivity index (χ0n) is 10.7. The maximum atomic E-state index is 4.08. The summed E-state index contributed by atoms with van der Waals surface area (Å²) in [5.41, 5.74) is 1.99. The van der Waals surface area contributed by atoms with Crippen molar-refractivity contribution in [2.45, 2.75) is 13.1 Å². The largest absolute Gasteiger partial charge is 0.248 e. The van der Waals surface area contributed by atoms with Crippen LogP contribution in [0.15, 0.2) is 48.9 Å². The Morgan fingerprint density at radius 2 is 1.95 bits per heavy atom. The van der Waals surface area contributed by atoms with Crippen LogP contribution in [0.5, 0.6) is 0 Å². The van der Waals surface area contributed by atoms with Gasteiger partial charge in [-0.15, -0.1) is 10.2 Å². The molecule has 0 N–H and O–H groups in total. The molecule has 0 bridgehead atoms. The number of tetrazole rings is 1. The topological polar surface area (TPSA) is 74.3 Å². The van der Waals surface area contributed by atoms with Crippen molar-refractivity contribution in [3.05, 3.63) is 60.2 Å². The van der Waals surface area contributed by atoms with Crippen molar-refractivity contribution in [3.63, 3.8) is 0 Å². The second-order valence-electron chi connectivity index (χ2n) is 4.25. The highest BCUT2D eigenvalue weighted by Gasteiger charge is 2.01. The van der Waals surface area contributed by atoms with E-state index >= 15 is 0 Å². The molecule has 0 saturated carbocycles. The van der Waals surface area contributed by atoms with E-state index in [0.29, 0.717) is 13.1 Å². The Labute approximate surface area is 115 Å². The summed E-state index contributed by atoms with van der Waals surface area (Å²) in [7, 11) is 0. The zero-order valence-corrected chi connectivity index (χ0v) is 10.7. The number of allylic oxidation sites excluding steroid dienone is 1. The van der Waals surface area contributed by atoms with Crippen LogP contribution in [-0.4, -0.2) is 35.2 Å². The average molecular weight is 267 g/mol. The van der Waals surface area contributed by atoms with Gasteiger partial charge in [0.25, 0.3) is 0 Å². The Kier molecular flexibility index (Phi) is 3.59. The second kappa shape index (κ2) is 5.87. The highest BCUT2D eigenvalue weighted by molar-refractivity contribution is 5.48. The lowest BCUT2D eigenvalue weighted by Gasteiger charge is -1.94. The highest BCUT2D eigenvalue weighted by Crippen LogP contribution is 2.02. The maximum Gasteiger partial charge on any atom is 0.138 e. The van der Waals surface area contributed by atoms with Crippen LogP contribution < -0.4 is 0 Å². The molecule has 2 aromatic heterocycles. The molecule has 7 nitrogen and oxygen atoms in total. The number of nitrogens with zero attached hydrogens (tertiary/aromatic N) is 7. The summed E-state index contributed by atoms with van der Waals surface area (Å²) in [5, 5.41) is 19.1. The number of rotatable bonds is 5. The molecule has 0 fully saturated rings. The Morgan fingerprint density at radius 3 is 2.75 bits per heavy atom. The minimum atomic E-state index is 0.523. The summed E-state index contributed by atoms with van der Waals surface area (Å²) in [6, 6.07) is 10.1. The molecule has 7 heteroatoms. The van der Waals surface area contributed by atoms with E-state index in [1.165, 1.54) is 5.56 Å². The lowest BCUT2D eigenvalue weighted by Crippen LogP contribution is -2.00. The van der Waals surface area contributed by atoms with Gasteiger partial charge in [0.1, 0.15) is 12.0 Å². The summed E-state index contributed by atoms with van der Waals surface area (Å²) < 4.78 is 3.38. The molecule has 20 heavy (non-hydrogen) atoms. The Hall–Kier alpha value is -2.83. The van der Waals surface area contributed by atoms with Crippen molar-refractivity contribution in [2.75, 3.05) is 0 Å². The van der Waals surface area contributed by atoms with E-state index in [9.17, 15) is 0 Å². The predicted molar refractivity (Wildman–Crippen MR) is 72.4 cm³/mol. The van der Waals surface area contributed by atoms with Gasteiger partial charge in [-0.1, -0.05) is 47.7 Å². The average Bonchev–Trinajstić information content (AvgIpc) is 3.13. The van der Waals surface area contributed by atoms with E-state index in [0.717, 1.165) is 5.69 Å². The minimum absolute atomic E-state index is 0.523. The molecule has 0 aliphatic heterocycles. The number of benzene rings is 1. The van der Waals surface area contributed by atoms with E-state index < -0.39 is 0 Å². The SMILES string of the molecule is C(=Cc1ccccc1)Cn1cc(Cn2cnnn2)nn1. The van der Waals surface area contributed by atoms with E-state index in [1.54, 1.807) is 15.7 Å². The van der Waals surface area contributed by atoms with Gasteiger partial charge in [0.05, 0.1) is 19.3 Å². The first kappa shape index (κ1) is 12.2. The maximum absolute atomic E-state index is 4.08. The summed E-state index contributed by atoms with van der Waals surface area (Å²) in [5.74, 6) is 0. The van der Waals surface area contributed by atoms with Gasteiger partial charge in [-0.2, -0.15) is 0 Å². The molecule has 0 atom stereocenters. The molecular weight excluding hydrogens is 254 g/mol. The first-order valence-electron chi connectivity index (χ1n) is 6.21. The normalized spacial score (nSPS) is 11.2. The van der Waals surface area contributed by atoms with Gasteiger partial charge >= 0.3 is 0 Å². The predicted octanol–water partition coefficient (Wildman–Crippen LogP) is 1.03. The van der Waals surface area contributed by atoms with Gasteiger partial charge in [-0.05, 0) is 16.0 Å². The fraction of sp³-hybridized carbons (Fsp3) is 0.154. The Morgan fingerprint density at radius 1 is 1.05 bits per heavy atom. The third-order valence-electron chi connectivity index (χ3n) is 2.70. The Balaban J connectivity index is 1.59. The van der Waals surface area contributed by atoms with Gasteiger partial charge in [-0.3, -0.25) is 0 Å². The van der Waals surface area contributed by atoms with E-state index in [4.69, 9.17) is 0 Å². The van der Waals surface area contributed by atoms with Crippen LogP contribution in [0.4, 0.5) is 0 Å². The molecule has 0 aliphatic rings. The van der Waals surface area contributed by atoms with Crippen molar-refractivity contribution in [1.82, 2.24) is 35.2 Å². The standard InChI is InChI=1S/C13H13N7/c1-2-5-12(6-3-1)7-4-8-19-9-13(15-17-19)10-20-11-14-16-18-20/h1-7,9,11H,8,10H2. The molecule has 1 aromatic carbocycles. The van der Waals surface area contributed by atoms with Crippen molar-refractivity contribution in [2.24, 2.45) is 0 Å². The summed E-state index contributed by atoms with van der Waals surface area (Å²) in [6.07, 6.45) is 7.54. The van der Waals surface area contributed by atoms with Crippen molar-refractivity contribution in [1.29, 1.82) is 0 Å². The number of aromatic nitrogens is 7. The van der Waals surface area contributed by atoms with E-state index in [2.05, 4.69) is 44.0 Å². The first-order chi connectivity index (χ1) is 9.90. The molecule has 3 aromatic rings. The second-order valence-corrected chi connectivity index (χ2v) is 4.25. The molecule has 0 saturated heterocycles. The number of hydrogen-bond acceptors (Lipinski definition) is 5. The van der Waals surface area contributed by atoms with Crippen molar-refractivity contribution < 1.29 is 0 Å². The highest BCUT2D eigenvalue weighted by atomic mass is 15.5. The quantitative estimate of drug-likeness (QED) is 0.690. The van der Waals surface area contributed by atoms with Crippen LogP contribution in [0.3, 0.4) is 0 Å². The van der Waals surface area contributed by atoms with E-state index in [1.807, 2.05) is 30.5 Å². The monoisotopic (exact) mass is 267 g/mol. The first-order valence-corrected chi connectivity index (χ1v) is 6.21. The van der Waals surface area contributed by atoms with Crippen molar-refractivity contribution in [3.8, 4) is 0 Å². The van der Waals surface area contributed by atoms with Gasteiger partial charge < -0.3 is 0 Å². The fourth-order valence-corrected chi connectivity index (χ4v) is 1.78. The summed E-state index contributed by atoms with van der Waals surface area (Å²) >= 11 is 0. The Bertz CT molecular complexity index is 670. The van der Waals surface area contributed by atoms with Crippen LogP contribution in [0, 0.1) is 0 Å². The molecule has 2 heterocycles. The lowest BCUT2D eigenvalue weighted by molar-refractivity contribution is 0.633. The van der Waals surface area contributed by atoms with Crippen molar-refractivity contribution >= 4 is 6.08 Å². The molecule has 0 radical (unpaired) electrons. The molecule has 0 amide bonds. The van der Waals surface area contributed by atoms with E-state index in [-0.39, 0.29) is 0 Å². The van der Waals surface area contributed by atoms with Gasteiger partial charge in [0.2, 0.25) is 0 Å². The summed E-state index contributed by atoms with van der Waals surface area (Å²) in [4.78, 5) is 0. The van der Waals surface area contributed by atoms with Crippen LogP contribution in [-0.2, 0) is 13.1 Å². The van der Waals surface area contributed by atoms with Crippen LogP contribution in [0.1, 0.15) is 11.3 Å². The molecule has 0 aliphatic carbocycles. The lowest BCUT2D eigenvalue weighted by atomic mass is 10.2. The minimum Gasteiger partial charge on any atom is -0.248 e. The summed E-state index contributed by atoms with van der Waals surface area (Å²) in [6.45, 7) is 1.20. The molecule has 3 rings (SSSR count). The molecule has 0 unspecified atom stereocenters. The zero-order chi connectivity index (χ0) is 13.6. The smallest absolute Gasteiger partial charge is 0.138 e. The van der Waals surface area contributed by atoms with Crippen LogP contribution >= 0.6 is 0 Å². The van der Waals surface area contributed by atoms with Gasteiger partial charge in [0, 0.05) is 0 Å². The number of hydrogen-bond donors (Lipinski definition) is 0. The molecular formula is C13H13N7. The van der Waals surface area contributed by atoms with Gasteiger partial charge in [0.15, 0.2) is 0 Å². The van der Waals surface area contributed by atoms with Crippen LogP contribution in [0.2, 0.25) is 0 Å². The third kappa shape index (κ3) is 3.14. The van der Waals surface area contributed by atoms with Crippen LogP contribution in [0.25, 0.3) is 6.08 Å². The van der Waals surface area contributed by atoms with Gasteiger partial charge in [-0.25, -0.2) is 9.36 Å². The third-order valence-corrected chi connectivity index (χ3v) is 2.70. The molecule has 0 spiro atoms.